The van der Waals surface area contributed by atoms with Gasteiger partial charge in [0.05, 0.1) is 18.4 Å². The van der Waals surface area contributed by atoms with Crippen molar-refractivity contribution in [2.45, 2.75) is 13.8 Å². The fraction of sp³-hybridized carbons (Fsp3) is 0.500. The van der Waals surface area contributed by atoms with E-state index < -0.39 is 5.97 Å². The minimum absolute atomic E-state index is 0.124. The average Bonchev–Trinajstić information content (AvgIpc) is 2.57. The monoisotopic (exact) mass is 225 g/mol. The van der Waals surface area contributed by atoms with E-state index in [1.165, 1.54) is 6.20 Å². The van der Waals surface area contributed by atoms with Crippen LogP contribution < -0.4 is 5.32 Å². The first-order valence-corrected chi connectivity index (χ1v) is 4.98. The number of nitrogens with one attached hydrogen (secondary N) is 1. The number of esters is 1. The molecule has 0 fully saturated rings. The van der Waals surface area contributed by atoms with Crippen molar-refractivity contribution in [1.29, 1.82) is 0 Å². The third kappa shape index (κ3) is 2.82. The molecular weight excluding hydrogens is 210 g/mol. The van der Waals surface area contributed by atoms with Gasteiger partial charge >= 0.3 is 5.97 Å². The van der Waals surface area contributed by atoms with Crippen molar-refractivity contribution < 1.29 is 14.3 Å². The first kappa shape index (κ1) is 12.2. The molecule has 1 aromatic heterocycles. The Kier molecular flexibility index (Phi) is 4.04. The van der Waals surface area contributed by atoms with Crippen molar-refractivity contribution >= 4 is 11.9 Å². The normalized spacial score (nSPS) is 9.94. The van der Waals surface area contributed by atoms with Crippen LogP contribution in [-0.2, 0) is 16.6 Å². The minimum Gasteiger partial charge on any atom is -0.465 e. The van der Waals surface area contributed by atoms with E-state index in [0.717, 1.165) is 5.69 Å². The number of aromatic nitrogens is 2. The van der Waals surface area contributed by atoms with Gasteiger partial charge in [-0.1, -0.05) is 0 Å². The second kappa shape index (κ2) is 5.29. The highest BCUT2D eigenvalue weighted by Gasteiger charge is 2.13. The number of carbonyl (C=O) groups is 2. The number of carbonyl (C=O) groups excluding carboxylic acids is 2. The lowest BCUT2D eigenvalue weighted by Gasteiger charge is -2.04. The number of amides is 1. The number of nitrogens with zero attached hydrogens (tertiary/aromatic N) is 2. The van der Waals surface area contributed by atoms with E-state index in [0.29, 0.717) is 12.2 Å². The van der Waals surface area contributed by atoms with Gasteiger partial charge in [-0.05, 0) is 13.8 Å². The van der Waals surface area contributed by atoms with Crippen LogP contribution in [0.5, 0.6) is 0 Å². The Labute approximate surface area is 93.6 Å². The molecule has 1 aromatic rings. The van der Waals surface area contributed by atoms with Gasteiger partial charge < -0.3 is 10.1 Å². The first-order valence-electron chi connectivity index (χ1n) is 4.98. The van der Waals surface area contributed by atoms with Gasteiger partial charge in [0.1, 0.15) is 6.54 Å². The van der Waals surface area contributed by atoms with E-state index in [-0.39, 0.29) is 12.5 Å². The number of hydrogen-bond donors (Lipinski definition) is 1. The molecule has 0 saturated carbocycles. The molecule has 0 radical (unpaired) electrons. The fourth-order valence-corrected chi connectivity index (χ4v) is 1.18. The molecule has 6 heteroatoms. The zero-order valence-corrected chi connectivity index (χ0v) is 9.61. The number of rotatable bonds is 4. The maximum absolute atomic E-state index is 11.6. The highest BCUT2D eigenvalue weighted by atomic mass is 16.5. The molecule has 1 heterocycles. The topological polar surface area (TPSA) is 73.2 Å². The van der Waals surface area contributed by atoms with Gasteiger partial charge in [-0.25, -0.2) is 0 Å². The van der Waals surface area contributed by atoms with Crippen LogP contribution in [0.25, 0.3) is 0 Å². The van der Waals surface area contributed by atoms with Crippen molar-refractivity contribution in [3.05, 3.63) is 17.5 Å². The molecule has 0 unspecified atom stereocenters. The van der Waals surface area contributed by atoms with Gasteiger partial charge in [0.2, 0.25) is 0 Å². The van der Waals surface area contributed by atoms with Crippen LogP contribution >= 0.6 is 0 Å². The Hall–Kier alpha value is -1.85. The maximum Gasteiger partial charge on any atom is 0.325 e. The van der Waals surface area contributed by atoms with Crippen molar-refractivity contribution in [1.82, 2.24) is 15.1 Å². The second-order valence-electron chi connectivity index (χ2n) is 3.25. The summed E-state index contributed by atoms with van der Waals surface area (Å²) in [6.07, 6.45) is 1.47. The molecule has 16 heavy (non-hydrogen) atoms. The van der Waals surface area contributed by atoms with E-state index >= 15 is 0 Å². The molecule has 1 rings (SSSR count). The molecule has 88 valence electrons. The Balaban J connectivity index is 2.53. The predicted octanol–water partition coefficient (Wildman–Crippen LogP) is 0.0214. The predicted molar refractivity (Wildman–Crippen MR) is 56.9 cm³/mol. The van der Waals surface area contributed by atoms with Crippen LogP contribution in [0, 0.1) is 6.92 Å². The van der Waals surface area contributed by atoms with E-state index in [1.807, 2.05) is 0 Å². The lowest BCUT2D eigenvalue weighted by atomic mass is 10.2. The molecule has 0 spiro atoms. The smallest absolute Gasteiger partial charge is 0.325 e. The van der Waals surface area contributed by atoms with Crippen molar-refractivity contribution in [2.24, 2.45) is 7.05 Å². The summed E-state index contributed by atoms with van der Waals surface area (Å²) >= 11 is 0. The third-order valence-corrected chi connectivity index (χ3v) is 2.18. The molecule has 0 saturated heterocycles. The van der Waals surface area contributed by atoms with Crippen LogP contribution in [0.1, 0.15) is 23.0 Å². The van der Waals surface area contributed by atoms with E-state index in [9.17, 15) is 9.59 Å². The molecular formula is C10H15N3O3. The fourth-order valence-electron chi connectivity index (χ4n) is 1.18. The standard InChI is InChI=1S/C10H15N3O3/c1-4-16-9(14)6-11-10(15)8-5-12-13(3)7(8)2/h5H,4,6H2,1-3H3,(H,11,15). The number of aryl methyl sites for hydroxylation is 1. The zero-order chi connectivity index (χ0) is 12.1. The largest absolute Gasteiger partial charge is 0.465 e. The number of hydrogen-bond acceptors (Lipinski definition) is 4. The van der Waals surface area contributed by atoms with Crippen LogP contribution in [0.4, 0.5) is 0 Å². The van der Waals surface area contributed by atoms with Crippen LogP contribution in [0.2, 0.25) is 0 Å². The molecule has 1 N–H and O–H groups in total. The quantitative estimate of drug-likeness (QED) is 0.733. The van der Waals surface area contributed by atoms with Gasteiger partial charge in [0.15, 0.2) is 0 Å². The number of ether oxygens (including phenoxy) is 1. The zero-order valence-electron chi connectivity index (χ0n) is 9.61. The molecule has 0 aliphatic carbocycles. The first-order chi connectivity index (χ1) is 7.56. The summed E-state index contributed by atoms with van der Waals surface area (Å²) in [5.74, 6) is -0.768. The summed E-state index contributed by atoms with van der Waals surface area (Å²) in [5, 5.41) is 6.41. The molecule has 0 bridgehead atoms. The third-order valence-electron chi connectivity index (χ3n) is 2.18. The van der Waals surface area contributed by atoms with E-state index in [1.54, 1.807) is 25.6 Å². The lowest BCUT2D eigenvalue weighted by Crippen LogP contribution is -2.30. The van der Waals surface area contributed by atoms with Gasteiger partial charge in [0, 0.05) is 12.7 Å². The highest BCUT2D eigenvalue weighted by Crippen LogP contribution is 2.04. The van der Waals surface area contributed by atoms with Crippen molar-refractivity contribution in [3.8, 4) is 0 Å². The van der Waals surface area contributed by atoms with Crippen molar-refractivity contribution in [2.75, 3.05) is 13.2 Å². The van der Waals surface area contributed by atoms with Crippen LogP contribution in [-0.4, -0.2) is 34.8 Å². The Morgan fingerprint density at radius 2 is 2.25 bits per heavy atom. The molecule has 0 aliphatic heterocycles. The van der Waals surface area contributed by atoms with Gasteiger partial charge in [-0.15, -0.1) is 0 Å². The second-order valence-corrected chi connectivity index (χ2v) is 3.25. The summed E-state index contributed by atoms with van der Waals surface area (Å²) in [5.41, 5.74) is 1.22. The summed E-state index contributed by atoms with van der Waals surface area (Å²) in [4.78, 5) is 22.6. The summed E-state index contributed by atoms with van der Waals surface area (Å²) in [6.45, 7) is 3.68. The molecule has 0 aliphatic rings. The molecule has 0 atom stereocenters. The van der Waals surface area contributed by atoms with Gasteiger partial charge in [-0.3, -0.25) is 14.3 Å². The Bertz CT molecular complexity index is 398. The minimum atomic E-state index is -0.447. The van der Waals surface area contributed by atoms with Crippen LogP contribution in [0.15, 0.2) is 6.20 Å². The average molecular weight is 225 g/mol. The highest BCUT2D eigenvalue weighted by molar-refractivity contribution is 5.96. The molecule has 6 nitrogen and oxygen atoms in total. The molecule has 0 aromatic carbocycles. The van der Waals surface area contributed by atoms with Gasteiger partial charge in [0.25, 0.3) is 5.91 Å². The maximum atomic E-state index is 11.6. The Morgan fingerprint density at radius 3 is 2.75 bits per heavy atom. The van der Waals surface area contributed by atoms with Crippen molar-refractivity contribution in [3.63, 3.8) is 0 Å². The Morgan fingerprint density at radius 1 is 1.56 bits per heavy atom. The molecule has 1 amide bonds. The lowest BCUT2D eigenvalue weighted by molar-refractivity contribution is -0.141. The summed E-state index contributed by atoms with van der Waals surface area (Å²) < 4.78 is 6.29. The summed E-state index contributed by atoms with van der Waals surface area (Å²) in [6, 6.07) is 0. The SMILES string of the molecule is CCOC(=O)CNC(=O)c1cnn(C)c1C. The summed E-state index contributed by atoms with van der Waals surface area (Å²) in [7, 11) is 1.75. The van der Waals surface area contributed by atoms with Crippen LogP contribution in [0.3, 0.4) is 0 Å². The van der Waals surface area contributed by atoms with E-state index in [4.69, 9.17) is 0 Å². The van der Waals surface area contributed by atoms with Gasteiger partial charge in [-0.2, -0.15) is 5.10 Å². The van der Waals surface area contributed by atoms with E-state index in [2.05, 4.69) is 15.2 Å².